The average molecular weight is 192 g/mol. The lowest BCUT2D eigenvalue weighted by molar-refractivity contribution is 0.112. The standard InChI is InChI=1S/C11H16N2O/c1-7-4-5-9-10(13-7)8(6-12)11(2,3)14-9/h4-5,8H,6,12H2,1-3H3/t8-/m1/s1. The fraction of sp³-hybridized carbons (Fsp3) is 0.545. The molecular formula is C11H16N2O. The molecular weight excluding hydrogens is 176 g/mol. The summed E-state index contributed by atoms with van der Waals surface area (Å²) < 4.78 is 5.81. The second-order valence-corrected chi connectivity index (χ2v) is 4.33. The van der Waals surface area contributed by atoms with E-state index >= 15 is 0 Å². The quantitative estimate of drug-likeness (QED) is 0.735. The second-order valence-electron chi connectivity index (χ2n) is 4.33. The topological polar surface area (TPSA) is 48.1 Å². The molecule has 1 aliphatic heterocycles. The molecule has 2 rings (SSSR count). The molecule has 3 heteroatoms. The molecule has 76 valence electrons. The first kappa shape index (κ1) is 9.46. The summed E-state index contributed by atoms with van der Waals surface area (Å²) in [7, 11) is 0. The number of aryl methyl sites for hydroxylation is 1. The van der Waals surface area contributed by atoms with Crippen LogP contribution in [0.4, 0.5) is 0 Å². The van der Waals surface area contributed by atoms with Crippen LogP contribution < -0.4 is 10.5 Å². The van der Waals surface area contributed by atoms with Crippen molar-refractivity contribution < 1.29 is 4.74 Å². The van der Waals surface area contributed by atoms with E-state index in [9.17, 15) is 0 Å². The van der Waals surface area contributed by atoms with Crippen LogP contribution in [-0.2, 0) is 0 Å². The number of fused-ring (bicyclic) bond motifs is 1. The van der Waals surface area contributed by atoms with E-state index in [-0.39, 0.29) is 11.5 Å². The maximum Gasteiger partial charge on any atom is 0.142 e. The van der Waals surface area contributed by atoms with Crippen LogP contribution in [0, 0.1) is 6.92 Å². The third-order valence-electron chi connectivity index (χ3n) is 2.80. The van der Waals surface area contributed by atoms with Gasteiger partial charge in [0.05, 0.1) is 11.6 Å². The summed E-state index contributed by atoms with van der Waals surface area (Å²) in [5.41, 5.74) is 7.56. The van der Waals surface area contributed by atoms with Crippen LogP contribution in [0.3, 0.4) is 0 Å². The van der Waals surface area contributed by atoms with Crippen molar-refractivity contribution in [2.24, 2.45) is 5.73 Å². The highest BCUT2D eigenvalue weighted by Crippen LogP contribution is 2.42. The first-order valence-corrected chi connectivity index (χ1v) is 4.91. The Morgan fingerprint density at radius 3 is 2.86 bits per heavy atom. The number of hydrogen-bond donors (Lipinski definition) is 1. The van der Waals surface area contributed by atoms with Crippen LogP contribution in [0.15, 0.2) is 12.1 Å². The fourth-order valence-electron chi connectivity index (χ4n) is 1.98. The molecule has 3 nitrogen and oxygen atoms in total. The number of nitrogens with zero attached hydrogens (tertiary/aromatic N) is 1. The van der Waals surface area contributed by atoms with Crippen LogP contribution in [-0.4, -0.2) is 17.1 Å². The molecule has 1 atom stereocenters. The number of nitrogens with two attached hydrogens (primary N) is 1. The average Bonchev–Trinajstić information content (AvgIpc) is 2.34. The largest absolute Gasteiger partial charge is 0.485 e. The molecule has 1 aliphatic rings. The third-order valence-corrected chi connectivity index (χ3v) is 2.80. The molecule has 0 saturated heterocycles. The summed E-state index contributed by atoms with van der Waals surface area (Å²) in [5.74, 6) is 1.09. The Morgan fingerprint density at radius 1 is 1.50 bits per heavy atom. The van der Waals surface area contributed by atoms with E-state index in [0.29, 0.717) is 6.54 Å². The van der Waals surface area contributed by atoms with Crippen LogP contribution >= 0.6 is 0 Å². The molecule has 0 aliphatic carbocycles. The zero-order valence-electron chi connectivity index (χ0n) is 8.87. The third kappa shape index (κ3) is 1.28. The van der Waals surface area contributed by atoms with Crippen molar-refractivity contribution >= 4 is 0 Å². The lowest BCUT2D eigenvalue weighted by Gasteiger charge is -2.24. The molecule has 0 spiro atoms. The van der Waals surface area contributed by atoms with Crippen molar-refractivity contribution in [2.45, 2.75) is 32.3 Å². The number of ether oxygens (including phenoxy) is 1. The minimum absolute atomic E-state index is 0.206. The molecule has 0 fully saturated rings. The van der Waals surface area contributed by atoms with Crippen LogP contribution in [0.1, 0.15) is 31.2 Å². The maximum atomic E-state index is 5.81. The van der Waals surface area contributed by atoms with E-state index in [4.69, 9.17) is 10.5 Å². The van der Waals surface area contributed by atoms with E-state index in [1.807, 2.05) is 19.1 Å². The van der Waals surface area contributed by atoms with Gasteiger partial charge in [-0.15, -0.1) is 0 Å². The predicted molar refractivity (Wildman–Crippen MR) is 55.5 cm³/mol. The lowest BCUT2D eigenvalue weighted by atomic mass is 9.90. The highest BCUT2D eigenvalue weighted by molar-refractivity contribution is 5.39. The van der Waals surface area contributed by atoms with Gasteiger partial charge in [-0.2, -0.15) is 0 Å². The molecule has 0 amide bonds. The second kappa shape index (κ2) is 2.95. The van der Waals surface area contributed by atoms with Crippen molar-refractivity contribution in [1.82, 2.24) is 4.98 Å². The van der Waals surface area contributed by atoms with E-state index in [1.54, 1.807) is 0 Å². The van der Waals surface area contributed by atoms with Crippen molar-refractivity contribution in [3.63, 3.8) is 0 Å². The lowest BCUT2D eigenvalue weighted by Crippen LogP contribution is -2.34. The number of rotatable bonds is 1. The fourth-order valence-corrected chi connectivity index (χ4v) is 1.98. The van der Waals surface area contributed by atoms with Gasteiger partial charge < -0.3 is 10.5 Å². The van der Waals surface area contributed by atoms with Gasteiger partial charge in [0.15, 0.2) is 0 Å². The van der Waals surface area contributed by atoms with Crippen LogP contribution in [0.5, 0.6) is 5.75 Å². The Balaban J connectivity index is 2.49. The number of hydrogen-bond acceptors (Lipinski definition) is 3. The van der Waals surface area contributed by atoms with Gasteiger partial charge in [0.2, 0.25) is 0 Å². The maximum absolute atomic E-state index is 5.81. The molecule has 2 N–H and O–H groups in total. The smallest absolute Gasteiger partial charge is 0.142 e. The molecule has 14 heavy (non-hydrogen) atoms. The Kier molecular flexibility index (Phi) is 2.00. The van der Waals surface area contributed by atoms with Gasteiger partial charge in [0.25, 0.3) is 0 Å². The Bertz CT molecular complexity index is 360. The van der Waals surface area contributed by atoms with Gasteiger partial charge in [-0.1, -0.05) is 0 Å². The summed E-state index contributed by atoms with van der Waals surface area (Å²) in [6, 6.07) is 3.95. The van der Waals surface area contributed by atoms with Gasteiger partial charge in [0, 0.05) is 12.2 Å². The zero-order chi connectivity index (χ0) is 10.3. The highest BCUT2D eigenvalue weighted by Gasteiger charge is 2.41. The highest BCUT2D eigenvalue weighted by atomic mass is 16.5. The molecule has 1 aromatic heterocycles. The molecule has 0 radical (unpaired) electrons. The van der Waals surface area contributed by atoms with Gasteiger partial charge in [-0.05, 0) is 32.9 Å². The van der Waals surface area contributed by atoms with Crippen LogP contribution in [0.2, 0.25) is 0 Å². The Labute approximate surface area is 84.3 Å². The summed E-state index contributed by atoms with van der Waals surface area (Å²) in [5, 5.41) is 0. The molecule has 0 saturated carbocycles. The van der Waals surface area contributed by atoms with Gasteiger partial charge in [-0.3, -0.25) is 4.98 Å². The van der Waals surface area contributed by atoms with Gasteiger partial charge in [0.1, 0.15) is 11.4 Å². The molecule has 0 bridgehead atoms. The van der Waals surface area contributed by atoms with Crippen LogP contribution in [0.25, 0.3) is 0 Å². The van der Waals surface area contributed by atoms with Crippen molar-refractivity contribution in [2.75, 3.05) is 6.54 Å². The first-order chi connectivity index (χ1) is 6.54. The van der Waals surface area contributed by atoms with Gasteiger partial charge in [-0.25, -0.2) is 0 Å². The summed E-state index contributed by atoms with van der Waals surface area (Å²) in [6.07, 6.45) is 0. The summed E-state index contributed by atoms with van der Waals surface area (Å²) >= 11 is 0. The molecule has 0 unspecified atom stereocenters. The minimum atomic E-state index is -0.224. The minimum Gasteiger partial charge on any atom is -0.485 e. The molecule has 1 aromatic rings. The zero-order valence-corrected chi connectivity index (χ0v) is 8.87. The Morgan fingerprint density at radius 2 is 2.21 bits per heavy atom. The van der Waals surface area contributed by atoms with Crippen molar-refractivity contribution in [1.29, 1.82) is 0 Å². The molecule has 0 aromatic carbocycles. The van der Waals surface area contributed by atoms with Crippen molar-refractivity contribution in [3.8, 4) is 5.75 Å². The van der Waals surface area contributed by atoms with E-state index in [0.717, 1.165) is 17.1 Å². The van der Waals surface area contributed by atoms with E-state index in [2.05, 4.69) is 18.8 Å². The summed E-state index contributed by atoms with van der Waals surface area (Å²) in [6.45, 7) is 6.68. The Hall–Kier alpha value is -1.09. The summed E-state index contributed by atoms with van der Waals surface area (Å²) in [4.78, 5) is 4.50. The number of aromatic nitrogens is 1. The van der Waals surface area contributed by atoms with E-state index in [1.165, 1.54) is 0 Å². The predicted octanol–water partition coefficient (Wildman–Crippen LogP) is 1.60. The monoisotopic (exact) mass is 192 g/mol. The van der Waals surface area contributed by atoms with Gasteiger partial charge >= 0.3 is 0 Å². The normalized spacial score (nSPS) is 23.0. The molecule has 2 heterocycles. The van der Waals surface area contributed by atoms with Crippen molar-refractivity contribution in [3.05, 3.63) is 23.5 Å². The number of pyridine rings is 1. The SMILES string of the molecule is Cc1ccc2c(n1)[C@@H](CN)C(C)(C)O2. The first-order valence-electron chi connectivity index (χ1n) is 4.91. The van der Waals surface area contributed by atoms with E-state index < -0.39 is 0 Å².